The van der Waals surface area contributed by atoms with E-state index in [4.69, 9.17) is 5.73 Å². The van der Waals surface area contributed by atoms with Gasteiger partial charge in [0.05, 0.1) is 17.4 Å². The van der Waals surface area contributed by atoms with Crippen molar-refractivity contribution in [3.05, 3.63) is 30.5 Å². The average Bonchev–Trinajstić information content (AvgIpc) is 2.40. The smallest absolute Gasteiger partial charge is 0.0950 e. The summed E-state index contributed by atoms with van der Waals surface area (Å²) in [7, 11) is 0. The van der Waals surface area contributed by atoms with Gasteiger partial charge >= 0.3 is 0 Å². The summed E-state index contributed by atoms with van der Waals surface area (Å²) in [5, 5.41) is 9.36. The van der Waals surface area contributed by atoms with E-state index in [1.54, 1.807) is 0 Å². The summed E-state index contributed by atoms with van der Waals surface area (Å²) in [5.41, 5.74) is 7.65. The van der Waals surface area contributed by atoms with E-state index >= 15 is 0 Å². The molecular weight excluding hydrogens is 212 g/mol. The number of hydrogen-bond donors (Lipinski definition) is 1. The number of benzene rings is 1. The van der Waals surface area contributed by atoms with Crippen molar-refractivity contribution < 1.29 is 0 Å². The molecule has 0 aliphatic rings. The van der Waals surface area contributed by atoms with Gasteiger partial charge in [-0.1, -0.05) is 18.2 Å². The van der Waals surface area contributed by atoms with E-state index in [0.717, 1.165) is 36.1 Å². The van der Waals surface area contributed by atoms with Crippen molar-refractivity contribution in [2.45, 2.75) is 13.3 Å². The van der Waals surface area contributed by atoms with Crippen molar-refractivity contribution in [2.24, 2.45) is 5.73 Å². The maximum Gasteiger partial charge on any atom is 0.0950 e. The molecular formula is C13H18N4. The molecule has 2 aromatic rings. The second-order valence-corrected chi connectivity index (χ2v) is 3.97. The molecule has 0 aliphatic heterocycles. The highest BCUT2D eigenvalue weighted by Gasteiger charge is 2.08. The van der Waals surface area contributed by atoms with Crippen LogP contribution in [-0.4, -0.2) is 29.8 Å². The molecule has 4 nitrogen and oxygen atoms in total. The fourth-order valence-corrected chi connectivity index (χ4v) is 1.98. The first kappa shape index (κ1) is 11.8. The number of hydrogen-bond acceptors (Lipinski definition) is 4. The van der Waals surface area contributed by atoms with Gasteiger partial charge in [0.1, 0.15) is 0 Å². The van der Waals surface area contributed by atoms with Gasteiger partial charge in [-0.15, -0.1) is 0 Å². The van der Waals surface area contributed by atoms with Gasteiger partial charge in [0.2, 0.25) is 0 Å². The van der Waals surface area contributed by atoms with E-state index in [2.05, 4.69) is 28.1 Å². The Bertz CT molecular complexity index is 478. The van der Waals surface area contributed by atoms with Crippen LogP contribution in [0.2, 0.25) is 0 Å². The second kappa shape index (κ2) is 5.59. The fourth-order valence-electron chi connectivity index (χ4n) is 1.98. The molecule has 0 fully saturated rings. The predicted molar refractivity (Wildman–Crippen MR) is 71.1 cm³/mol. The highest BCUT2D eigenvalue weighted by Crippen LogP contribution is 2.23. The van der Waals surface area contributed by atoms with Gasteiger partial charge in [0.15, 0.2) is 0 Å². The maximum atomic E-state index is 5.57. The third-order valence-corrected chi connectivity index (χ3v) is 2.88. The number of anilines is 1. The topological polar surface area (TPSA) is 55.0 Å². The first-order valence-electron chi connectivity index (χ1n) is 6.02. The van der Waals surface area contributed by atoms with Crippen LogP contribution < -0.4 is 10.6 Å². The van der Waals surface area contributed by atoms with Crippen LogP contribution in [0.5, 0.6) is 0 Å². The Morgan fingerprint density at radius 1 is 1.29 bits per heavy atom. The highest BCUT2D eigenvalue weighted by molar-refractivity contribution is 5.90. The van der Waals surface area contributed by atoms with E-state index in [-0.39, 0.29) is 0 Å². The molecule has 0 saturated carbocycles. The second-order valence-electron chi connectivity index (χ2n) is 3.97. The predicted octanol–water partition coefficient (Wildman–Crippen LogP) is 1.80. The van der Waals surface area contributed by atoms with Crippen LogP contribution in [0.25, 0.3) is 10.9 Å². The molecule has 0 atom stereocenters. The molecule has 0 spiro atoms. The van der Waals surface area contributed by atoms with E-state index in [9.17, 15) is 0 Å². The quantitative estimate of drug-likeness (QED) is 0.851. The molecule has 0 radical (unpaired) electrons. The number of fused-ring (bicyclic) bond motifs is 1. The van der Waals surface area contributed by atoms with Crippen molar-refractivity contribution >= 4 is 16.6 Å². The van der Waals surface area contributed by atoms with Crippen molar-refractivity contribution in [3.63, 3.8) is 0 Å². The minimum absolute atomic E-state index is 0.715. The molecule has 0 amide bonds. The third-order valence-electron chi connectivity index (χ3n) is 2.88. The lowest BCUT2D eigenvalue weighted by atomic mass is 10.2. The van der Waals surface area contributed by atoms with Gasteiger partial charge < -0.3 is 10.6 Å². The van der Waals surface area contributed by atoms with E-state index in [0.29, 0.717) is 6.54 Å². The van der Waals surface area contributed by atoms with Crippen molar-refractivity contribution in [3.8, 4) is 0 Å². The summed E-state index contributed by atoms with van der Waals surface area (Å²) >= 11 is 0. The molecule has 0 saturated heterocycles. The molecule has 0 bridgehead atoms. The van der Waals surface area contributed by atoms with Gasteiger partial charge in [-0.3, -0.25) is 0 Å². The van der Waals surface area contributed by atoms with Crippen LogP contribution in [-0.2, 0) is 0 Å². The monoisotopic (exact) mass is 230 g/mol. The summed E-state index contributed by atoms with van der Waals surface area (Å²) in [6, 6.07) is 8.09. The van der Waals surface area contributed by atoms with Gasteiger partial charge in [-0.2, -0.15) is 10.2 Å². The fraction of sp³-hybridized carbons (Fsp3) is 0.385. The van der Waals surface area contributed by atoms with Gasteiger partial charge in [0, 0.05) is 18.5 Å². The van der Waals surface area contributed by atoms with E-state index < -0.39 is 0 Å². The van der Waals surface area contributed by atoms with Crippen molar-refractivity contribution in [1.82, 2.24) is 10.2 Å². The zero-order valence-electron chi connectivity index (χ0n) is 10.1. The largest absolute Gasteiger partial charge is 0.370 e. The lowest BCUT2D eigenvalue weighted by Crippen LogP contribution is -2.26. The molecule has 90 valence electrons. The first-order chi connectivity index (χ1) is 8.36. The van der Waals surface area contributed by atoms with Crippen LogP contribution >= 0.6 is 0 Å². The average molecular weight is 230 g/mol. The van der Waals surface area contributed by atoms with Crippen molar-refractivity contribution in [2.75, 3.05) is 24.5 Å². The Balaban J connectivity index is 2.38. The number of aromatic nitrogens is 2. The lowest BCUT2D eigenvalue weighted by Gasteiger charge is -2.23. The summed E-state index contributed by atoms with van der Waals surface area (Å²) in [4.78, 5) is 2.30. The Hall–Kier alpha value is -1.68. The first-order valence-corrected chi connectivity index (χ1v) is 6.02. The van der Waals surface area contributed by atoms with Gasteiger partial charge in [-0.25, -0.2) is 0 Å². The molecule has 1 aromatic heterocycles. The summed E-state index contributed by atoms with van der Waals surface area (Å²) < 4.78 is 0. The molecule has 4 heteroatoms. The van der Waals surface area contributed by atoms with Crippen LogP contribution in [0.15, 0.2) is 30.5 Å². The summed E-state index contributed by atoms with van der Waals surface area (Å²) in [6.07, 6.45) is 2.83. The van der Waals surface area contributed by atoms with Gasteiger partial charge in [0.25, 0.3) is 0 Å². The molecule has 1 aromatic carbocycles. The number of nitrogens with zero attached hydrogens (tertiary/aromatic N) is 3. The third kappa shape index (κ3) is 2.53. The molecule has 0 unspecified atom stereocenters. The van der Waals surface area contributed by atoms with Crippen molar-refractivity contribution in [1.29, 1.82) is 0 Å². The van der Waals surface area contributed by atoms with Crippen LogP contribution in [0.1, 0.15) is 13.3 Å². The summed E-state index contributed by atoms with van der Waals surface area (Å²) in [5.74, 6) is 0. The Kier molecular flexibility index (Phi) is 3.88. The number of nitrogens with two attached hydrogens (primary N) is 1. The zero-order chi connectivity index (χ0) is 12.1. The standard InChI is InChI=1S/C13H18N4/c1-2-17(9-5-8-14)13-10-15-16-12-7-4-3-6-11(12)13/h3-4,6-7,10H,2,5,8-9,14H2,1H3. The Labute approximate surface area is 101 Å². The highest BCUT2D eigenvalue weighted by atomic mass is 15.2. The van der Waals surface area contributed by atoms with Crippen LogP contribution in [0.3, 0.4) is 0 Å². The van der Waals surface area contributed by atoms with E-state index in [1.165, 1.54) is 0 Å². The normalized spacial score (nSPS) is 10.7. The molecule has 2 rings (SSSR count). The molecule has 0 aliphatic carbocycles. The number of rotatable bonds is 5. The van der Waals surface area contributed by atoms with Gasteiger partial charge in [-0.05, 0) is 26.0 Å². The lowest BCUT2D eigenvalue weighted by molar-refractivity contribution is 0.754. The Morgan fingerprint density at radius 2 is 2.12 bits per heavy atom. The molecule has 1 heterocycles. The SMILES string of the molecule is CCN(CCCN)c1cnnc2ccccc12. The molecule has 17 heavy (non-hydrogen) atoms. The molecule has 2 N–H and O–H groups in total. The van der Waals surface area contributed by atoms with Crippen LogP contribution in [0, 0.1) is 0 Å². The van der Waals surface area contributed by atoms with E-state index in [1.807, 2.05) is 24.4 Å². The maximum absolute atomic E-state index is 5.57. The minimum Gasteiger partial charge on any atom is -0.370 e. The summed E-state index contributed by atoms with van der Waals surface area (Å²) in [6.45, 7) is 4.77. The van der Waals surface area contributed by atoms with Crippen LogP contribution in [0.4, 0.5) is 5.69 Å². The Morgan fingerprint density at radius 3 is 2.88 bits per heavy atom. The zero-order valence-corrected chi connectivity index (χ0v) is 10.1. The minimum atomic E-state index is 0.715.